The summed E-state index contributed by atoms with van der Waals surface area (Å²) < 4.78 is 60.8. The third-order valence-corrected chi connectivity index (χ3v) is 4.97. The third kappa shape index (κ3) is 2.71. The van der Waals surface area contributed by atoms with Gasteiger partial charge >= 0.3 is 12.1 Å². The Hall–Kier alpha value is -0.830. The SMILES string of the molecule is CC(C(F)(F)F)S(=O)(=O)N1CCC[C@@H]1C(=O)O. The van der Waals surface area contributed by atoms with Crippen molar-refractivity contribution in [2.75, 3.05) is 6.54 Å². The maximum Gasteiger partial charge on any atom is 0.406 e. The van der Waals surface area contributed by atoms with Gasteiger partial charge in [0.2, 0.25) is 10.0 Å². The Bertz CT molecular complexity index is 405. The second-order valence-corrected chi connectivity index (χ2v) is 6.04. The van der Waals surface area contributed by atoms with E-state index >= 15 is 0 Å². The van der Waals surface area contributed by atoms with Gasteiger partial charge in [-0.15, -0.1) is 0 Å². The molecule has 17 heavy (non-hydrogen) atoms. The molecule has 1 aliphatic heterocycles. The molecule has 1 rings (SSSR count). The van der Waals surface area contributed by atoms with Crippen LogP contribution in [0.2, 0.25) is 0 Å². The third-order valence-electron chi connectivity index (χ3n) is 2.72. The quantitative estimate of drug-likeness (QED) is 0.827. The van der Waals surface area contributed by atoms with Crippen molar-refractivity contribution in [1.82, 2.24) is 4.31 Å². The highest BCUT2D eigenvalue weighted by Crippen LogP contribution is 2.31. The zero-order chi connectivity index (χ0) is 13.4. The Morgan fingerprint density at radius 3 is 2.41 bits per heavy atom. The molecule has 1 aliphatic rings. The summed E-state index contributed by atoms with van der Waals surface area (Å²) in [6, 6.07) is -1.38. The van der Waals surface area contributed by atoms with Crippen molar-refractivity contribution in [1.29, 1.82) is 0 Å². The summed E-state index contributed by atoms with van der Waals surface area (Å²) in [6.07, 6.45) is -4.61. The molecule has 0 radical (unpaired) electrons. The van der Waals surface area contributed by atoms with Crippen molar-refractivity contribution >= 4 is 16.0 Å². The second kappa shape index (κ2) is 4.45. The number of alkyl halides is 3. The number of aliphatic carboxylic acids is 1. The van der Waals surface area contributed by atoms with Crippen molar-refractivity contribution in [3.8, 4) is 0 Å². The van der Waals surface area contributed by atoms with E-state index in [0.29, 0.717) is 11.2 Å². The zero-order valence-electron chi connectivity index (χ0n) is 8.94. The molecule has 100 valence electrons. The summed E-state index contributed by atoms with van der Waals surface area (Å²) in [5.74, 6) is -1.42. The van der Waals surface area contributed by atoms with Crippen molar-refractivity contribution in [2.45, 2.75) is 37.2 Å². The molecule has 0 aromatic carbocycles. The molecule has 0 aromatic heterocycles. The number of hydrogen-bond donors (Lipinski definition) is 1. The van der Waals surface area contributed by atoms with Crippen molar-refractivity contribution in [2.24, 2.45) is 0 Å². The minimum absolute atomic E-state index is 0.0408. The highest BCUT2D eigenvalue weighted by Gasteiger charge is 2.51. The van der Waals surface area contributed by atoms with Gasteiger partial charge in [-0.25, -0.2) is 8.42 Å². The minimum atomic E-state index is -4.90. The lowest BCUT2D eigenvalue weighted by Gasteiger charge is -2.25. The number of carboxylic acids is 1. The number of carbonyl (C=O) groups is 1. The number of carboxylic acid groups (broad SMARTS) is 1. The summed E-state index contributed by atoms with van der Waals surface area (Å²) in [7, 11) is -4.66. The lowest BCUT2D eigenvalue weighted by Crippen LogP contribution is -2.48. The fourth-order valence-corrected chi connectivity index (χ4v) is 3.34. The highest BCUT2D eigenvalue weighted by molar-refractivity contribution is 7.89. The van der Waals surface area contributed by atoms with Gasteiger partial charge in [-0.3, -0.25) is 4.79 Å². The summed E-state index contributed by atoms with van der Waals surface area (Å²) in [4.78, 5) is 10.7. The van der Waals surface area contributed by atoms with E-state index in [4.69, 9.17) is 5.11 Å². The Morgan fingerprint density at radius 2 is 2.00 bits per heavy atom. The van der Waals surface area contributed by atoms with Crippen LogP contribution in [-0.4, -0.2) is 47.8 Å². The topological polar surface area (TPSA) is 74.7 Å². The lowest BCUT2D eigenvalue weighted by molar-refractivity contribution is -0.141. The van der Waals surface area contributed by atoms with E-state index in [0.717, 1.165) is 0 Å². The molecule has 0 spiro atoms. The average Bonchev–Trinajstić information content (AvgIpc) is 2.63. The largest absolute Gasteiger partial charge is 0.480 e. The molecule has 0 amide bonds. The number of sulfonamides is 1. The second-order valence-electron chi connectivity index (χ2n) is 3.84. The van der Waals surface area contributed by atoms with Gasteiger partial charge in [-0.1, -0.05) is 0 Å². The molecule has 1 unspecified atom stereocenters. The van der Waals surface area contributed by atoms with Gasteiger partial charge in [0.15, 0.2) is 5.25 Å². The molecule has 0 aromatic rings. The van der Waals surface area contributed by atoms with Crippen LogP contribution in [0, 0.1) is 0 Å². The molecular formula is C8H12F3NO4S. The van der Waals surface area contributed by atoms with E-state index in [2.05, 4.69) is 0 Å². The Labute approximate surface area is 96.3 Å². The molecule has 0 aliphatic carbocycles. The molecular weight excluding hydrogens is 263 g/mol. The fraction of sp³-hybridized carbons (Fsp3) is 0.875. The Balaban J connectivity index is 3.02. The predicted octanol–water partition coefficient (Wildman–Crippen LogP) is 0.816. The maximum atomic E-state index is 12.4. The van der Waals surface area contributed by atoms with Crippen LogP contribution in [-0.2, 0) is 14.8 Å². The standard InChI is InChI=1S/C8H12F3NO4S/c1-5(8(9,10)11)17(15,16)12-4-2-3-6(12)7(13)14/h5-6H,2-4H2,1H3,(H,13,14)/t5?,6-/m1/s1. The van der Waals surface area contributed by atoms with E-state index in [-0.39, 0.29) is 19.4 Å². The van der Waals surface area contributed by atoms with E-state index in [1.165, 1.54) is 0 Å². The monoisotopic (exact) mass is 275 g/mol. The smallest absolute Gasteiger partial charge is 0.406 e. The average molecular weight is 275 g/mol. The Morgan fingerprint density at radius 1 is 1.47 bits per heavy atom. The van der Waals surface area contributed by atoms with Crippen LogP contribution in [0.3, 0.4) is 0 Å². The van der Waals surface area contributed by atoms with Crippen molar-refractivity contribution < 1.29 is 31.5 Å². The van der Waals surface area contributed by atoms with Crippen LogP contribution in [0.25, 0.3) is 0 Å². The first-order valence-electron chi connectivity index (χ1n) is 4.88. The van der Waals surface area contributed by atoms with Crippen molar-refractivity contribution in [3.63, 3.8) is 0 Å². The Kier molecular flexibility index (Phi) is 3.72. The molecule has 2 atom stereocenters. The lowest BCUT2D eigenvalue weighted by atomic mass is 10.2. The van der Waals surface area contributed by atoms with Gasteiger partial charge < -0.3 is 5.11 Å². The molecule has 1 fully saturated rings. The van der Waals surface area contributed by atoms with Gasteiger partial charge in [0.05, 0.1) is 0 Å². The first-order chi connectivity index (χ1) is 7.58. The molecule has 5 nitrogen and oxygen atoms in total. The summed E-state index contributed by atoms with van der Waals surface area (Å²) in [5, 5.41) is 6.16. The van der Waals surface area contributed by atoms with Crippen LogP contribution in [0.5, 0.6) is 0 Å². The van der Waals surface area contributed by atoms with Crippen LogP contribution >= 0.6 is 0 Å². The summed E-state index contributed by atoms with van der Waals surface area (Å²) in [6.45, 7) is 0.340. The molecule has 0 bridgehead atoms. The summed E-state index contributed by atoms with van der Waals surface area (Å²) in [5.41, 5.74) is 0. The van der Waals surface area contributed by atoms with E-state index in [9.17, 15) is 26.4 Å². The molecule has 9 heteroatoms. The van der Waals surface area contributed by atoms with Gasteiger partial charge in [0.25, 0.3) is 0 Å². The number of nitrogens with zero attached hydrogens (tertiary/aromatic N) is 1. The van der Waals surface area contributed by atoms with Crippen molar-refractivity contribution in [3.05, 3.63) is 0 Å². The fourth-order valence-electron chi connectivity index (χ4n) is 1.66. The predicted molar refractivity (Wildman–Crippen MR) is 51.8 cm³/mol. The van der Waals surface area contributed by atoms with E-state index in [1.807, 2.05) is 0 Å². The van der Waals surface area contributed by atoms with E-state index in [1.54, 1.807) is 0 Å². The van der Waals surface area contributed by atoms with Crippen LogP contribution < -0.4 is 0 Å². The van der Waals surface area contributed by atoms with Crippen LogP contribution in [0.4, 0.5) is 13.2 Å². The van der Waals surface area contributed by atoms with Crippen LogP contribution in [0.15, 0.2) is 0 Å². The van der Waals surface area contributed by atoms with Gasteiger partial charge in [-0.05, 0) is 19.8 Å². The molecule has 0 saturated carbocycles. The summed E-state index contributed by atoms with van der Waals surface area (Å²) >= 11 is 0. The van der Waals surface area contributed by atoms with E-state index < -0.39 is 33.5 Å². The minimum Gasteiger partial charge on any atom is -0.480 e. The highest BCUT2D eigenvalue weighted by atomic mass is 32.2. The number of rotatable bonds is 3. The van der Waals surface area contributed by atoms with Gasteiger partial charge in [-0.2, -0.15) is 17.5 Å². The normalized spacial score (nSPS) is 24.8. The number of halogens is 3. The first-order valence-corrected chi connectivity index (χ1v) is 6.39. The van der Waals surface area contributed by atoms with Gasteiger partial charge in [0, 0.05) is 6.54 Å². The number of hydrogen-bond acceptors (Lipinski definition) is 3. The van der Waals surface area contributed by atoms with Gasteiger partial charge in [0.1, 0.15) is 6.04 Å². The van der Waals surface area contributed by atoms with Crippen LogP contribution in [0.1, 0.15) is 19.8 Å². The first kappa shape index (κ1) is 14.2. The molecule has 1 heterocycles. The molecule has 1 N–H and O–H groups in total. The maximum absolute atomic E-state index is 12.4. The molecule has 1 saturated heterocycles. The zero-order valence-corrected chi connectivity index (χ0v) is 9.75.